The largest absolute Gasteiger partial charge is 0.330 e. The monoisotopic (exact) mass is 287 g/mol. The van der Waals surface area contributed by atoms with Gasteiger partial charge in [-0.05, 0) is 18.9 Å². The van der Waals surface area contributed by atoms with Crippen LogP contribution in [0.15, 0.2) is 12.1 Å². The van der Waals surface area contributed by atoms with Crippen LogP contribution in [0.3, 0.4) is 0 Å². The van der Waals surface area contributed by atoms with Crippen molar-refractivity contribution in [3.8, 4) is 0 Å². The van der Waals surface area contributed by atoms with Gasteiger partial charge in [0.05, 0.1) is 10.6 Å². The van der Waals surface area contributed by atoms with Gasteiger partial charge in [-0.15, -0.1) is 0 Å². The van der Waals surface area contributed by atoms with E-state index in [9.17, 15) is 23.7 Å². The quantitative estimate of drug-likeness (QED) is 0.619. The molecule has 20 heavy (non-hydrogen) atoms. The summed E-state index contributed by atoms with van der Waals surface area (Å²) in [7, 11) is 0. The van der Waals surface area contributed by atoms with Crippen molar-refractivity contribution in [1.29, 1.82) is 0 Å². The Kier molecular flexibility index (Phi) is 5.51. The van der Waals surface area contributed by atoms with Crippen LogP contribution in [0, 0.1) is 27.7 Å². The number of nitrogens with one attached hydrogen (secondary N) is 1. The first kappa shape index (κ1) is 16.0. The molecule has 6 nitrogen and oxygen atoms in total. The lowest BCUT2D eigenvalue weighted by atomic mass is 10.1. The number of carbonyl (C=O) groups excluding carboxylic acids is 1. The van der Waals surface area contributed by atoms with Crippen LogP contribution in [0.2, 0.25) is 0 Å². The fourth-order valence-electron chi connectivity index (χ4n) is 1.48. The highest BCUT2D eigenvalue weighted by atomic mass is 19.1. The number of carbonyl (C=O) groups is 1. The van der Waals surface area contributed by atoms with Gasteiger partial charge in [-0.25, -0.2) is 4.39 Å². The van der Waals surface area contributed by atoms with Gasteiger partial charge in [0, 0.05) is 18.6 Å². The first-order valence-electron chi connectivity index (χ1n) is 5.98. The molecule has 1 aromatic carbocycles. The molecule has 1 aromatic rings. The average Bonchev–Trinajstić information content (AvgIpc) is 2.38. The maximum atomic E-state index is 13.4. The summed E-state index contributed by atoms with van der Waals surface area (Å²) in [5.74, 6) is -2.73. The van der Waals surface area contributed by atoms with Gasteiger partial charge in [-0.3, -0.25) is 14.9 Å². The highest BCUT2D eigenvalue weighted by molar-refractivity contribution is 5.91. The number of hydrogen-bond acceptors (Lipinski definition) is 4. The molecule has 8 heteroatoms. The SMILES string of the molecule is CC(CN)CCC(=O)Nc1cc([N+](=O)[O-])c(F)cc1F. The van der Waals surface area contributed by atoms with Gasteiger partial charge in [0.1, 0.15) is 5.82 Å². The molecule has 0 aliphatic rings. The van der Waals surface area contributed by atoms with Crippen molar-refractivity contribution in [1.82, 2.24) is 0 Å². The molecule has 0 heterocycles. The molecule has 1 amide bonds. The molecule has 110 valence electrons. The Balaban J connectivity index is 2.79. The standard InChI is InChI=1S/C12H15F2N3O3/c1-7(6-15)2-3-12(18)16-10-5-11(17(19)20)9(14)4-8(10)13/h4-5,7H,2-3,6,15H2,1H3,(H,16,18). The molecule has 3 N–H and O–H groups in total. The summed E-state index contributed by atoms with van der Waals surface area (Å²) < 4.78 is 26.5. The highest BCUT2D eigenvalue weighted by Gasteiger charge is 2.19. The summed E-state index contributed by atoms with van der Waals surface area (Å²) in [6.45, 7) is 2.28. The number of nitro benzene ring substituents is 1. The Labute approximate surface area is 114 Å². The van der Waals surface area contributed by atoms with Gasteiger partial charge in [-0.2, -0.15) is 4.39 Å². The van der Waals surface area contributed by atoms with Gasteiger partial charge in [0.25, 0.3) is 0 Å². The number of rotatable bonds is 6. The van der Waals surface area contributed by atoms with Crippen LogP contribution in [0.1, 0.15) is 19.8 Å². The number of anilines is 1. The van der Waals surface area contributed by atoms with E-state index < -0.39 is 33.8 Å². The third-order valence-corrected chi connectivity index (χ3v) is 2.77. The van der Waals surface area contributed by atoms with Crippen molar-refractivity contribution < 1.29 is 18.5 Å². The molecule has 0 saturated heterocycles. The lowest BCUT2D eigenvalue weighted by Crippen LogP contribution is -2.17. The number of nitrogens with zero attached hydrogens (tertiary/aromatic N) is 1. The van der Waals surface area contributed by atoms with Crippen LogP contribution in [0.25, 0.3) is 0 Å². The number of nitrogens with two attached hydrogens (primary N) is 1. The fourth-order valence-corrected chi connectivity index (χ4v) is 1.48. The van der Waals surface area contributed by atoms with Crippen molar-refractivity contribution in [3.05, 3.63) is 33.9 Å². The van der Waals surface area contributed by atoms with Crippen molar-refractivity contribution in [3.63, 3.8) is 0 Å². The Morgan fingerprint density at radius 3 is 2.65 bits per heavy atom. The molecule has 1 unspecified atom stereocenters. The minimum Gasteiger partial charge on any atom is -0.330 e. The zero-order valence-corrected chi connectivity index (χ0v) is 10.9. The summed E-state index contributed by atoms with van der Waals surface area (Å²) in [5, 5.41) is 12.7. The van der Waals surface area contributed by atoms with E-state index in [1.54, 1.807) is 0 Å². The number of amides is 1. The molecular formula is C12H15F2N3O3. The normalized spacial score (nSPS) is 12.0. The third kappa shape index (κ3) is 4.23. The van der Waals surface area contributed by atoms with Gasteiger partial charge in [-0.1, -0.05) is 6.92 Å². The number of benzene rings is 1. The minimum absolute atomic E-state index is 0.100. The molecule has 0 fully saturated rings. The summed E-state index contributed by atoms with van der Waals surface area (Å²) in [4.78, 5) is 21.1. The first-order chi connectivity index (χ1) is 9.35. The molecule has 0 aromatic heterocycles. The third-order valence-electron chi connectivity index (χ3n) is 2.77. The van der Waals surface area contributed by atoms with E-state index in [2.05, 4.69) is 5.32 Å². The predicted molar refractivity (Wildman–Crippen MR) is 69.1 cm³/mol. The zero-order chi connectivity index (χ0) is 15.3. The zero-order valence-electron chi connectivity index (χ0n) is 10.9. The summed E-state index contributed by atoms with van der Waals surface area (Å²) >= 11 is 0. The van der Waals surface area contributed by atoms with Gasteiger partial charge < -0.3 is 11.1 Å². The highest BCUT2D eigenvalue weighted by Crippen LogP contribution is 2.25. The number of nitro groups is 1. The molecule has 0 bridgehead atoms. The van der Waals surface area contributed by atoms with Crippen LogP contribution in [0.5, 0.6) is 0 Å². The Hall–Kier alpha value is -2.09. The summed E-state index contributed by atoms with van der Waals surface area (Å²) in [6.07, 6.45) is 0.607. The molecule has 0 spiro atoms. The average molecular weight is 287 g/mol. The van der Waals surface area contributed by atoms with E-state index in [-0.39, 0.29) is 12.3 Å². The van der Waals surface area contributed by atoms with Crippen LogP contribution in [-0.2, 0) is 4.79 Å². The van der Waals surface area contributed by atoms with E-state index in [1.165, 1.54) is 0 Å². The van der Waals surface area contributed by atoms with Crippen molar-refractivity contribution in [2.24, 2.45) is 11.7 Å². The van der Waals surface area contributed by atoms with Crippen LogP contribution >= 0.6 is 0 Å². The minimum atomic E-state index is -1.29. The predicted octanol–water partition coefficient (Wildman–Crippen LogP) is 2.19. The van der Waals surface area contributed by atoms with E-state index in [1.807, 2.05) is 6.92 Å². The van der Waals surface area contributed by atoms with Crippen LogP contribution in [-0.4, -0.2) is 17.4 Å². The smallest absolute Gasteiger partial charge is 0.307 e. The van der Waals surface area contributed by atoms with Crippen molar-refractivity contribution in [2.45, 2.75) is 19.8 Å². The van der Waals surface area contributed by atoms with Crippen molar-refractivity contribution >= 4 is 17.3 Å². The maximum Gasteiger partial charge on any atom is 0.307 e. The number of hydrogen-bond donors (Lipinski definition) is 2. The first-order valence-corrected chi connectivity index (χ1v) is 5.98. The Morgan fingerprint density at radius 1 is 1.45 bits per heavy atom. The topological polar surface area (TPSA) is 98.3 Å². The maximum absolute atomic E-state index is 13.4. The second kappa shape index (κ2) is 6.90. The van der Waals surface area contributed by atoms with E-state index >= 15 is 0 Å². The van der Waals surface area contributed by atoms with E-state index in [4.69, 9.17) is 5.73 Å². The van der Waals surface area contributed by atoms with E-state index in [0.29, 0.717) is 25.1 Å². The van der Waals surface area contributed by atoms with Gasteiger partial charge in [0.2, 0.25) is 11.7 Å². The van der Waals surface area contributed by atoms with Gasteiger partial charge in [0.15, 0.2) is 0 Å². The molecule has 0 radical (unpaired) electrons. The molecule has 1 atom stereocenters. The summed E-state index contributed by atoms with van der Waals surface area (Å²) in [6, 6.07) is 1.03. The van der Waals surface area contributed by atoms with Crippen LogP contribution < -0.4 is 11.1 Å². The second-order valence-corrected chi connectivity index (χ2v) is 4.47. The molecule has 1 rings (SSSR count). The van der Waals surface area contributed by atoms with E-state index in [0.717, 1.165) is 0 Å². The Morgan fingerprint density at radius 2 is 2.10 bits per heavy atom. The molecular weight excluding hydrogens is 272 g/mol. The molecule has 0 aliphatic carbocycles. The fraction of sp³-hybridized carbons (Fsp3) is 0.417. The molecule has 0 saturated carbocycles. The summed E-state index contributed by atoms with van der Waals surface area (Å²) in [5.41, 5.74) is 4.09. The molecule has 0 aliphatic heterocycles. The lowest BCUT2D eigenvalue weighted by molar-refractivity contribution is -0.387. The second-order valence-electron chi connectivity index (χ2n) is 4.47. The Bertz CT molecular complexity index is 523. The van der Waals surface area contributed by atoms with Crippen molar-refractivity contribution in [2.75, 3.05) is 11.9 Å². The van der Waals surface area contributed by atoms with Crippen LogP contribution in [0.4, 0.5) is 20.2 Å². The van der Waals surface area contributed by atoms with Gasteiger partial charge >= 0.3 is 5.69 Å². The lowest BCUT2D eigenvalue weighted by Gasteiger charge is -2.09. The number of halogens is 2.